The average Bonchev–Trinajstić information content (AvgIpc) is 2.47. The summed E-state index contributed by atoms with van der Waals surface area (Å²) in [5.41, 5.74) is 7.88. The minimum absolute atomic E-state index is 0.255. The molecule has 0 saturated carbocycles. The third kappa shape index (κ3) is 4.10. The zero-order valence-corrected chi connectivity index (χ0v) is 12.2. The molecular formula is C15H25N3O2. The predicted molar refractivity (Wildman–Crippen MR) is 81.1 cm³/mol. The van der Waals surface area contributed by atoms with Gasteiger partial charge in [-0.05, 0) is 24.1 Å². The number of rotatable bonds is 6. The number of β-amino-alcohol motifs (C(OH)–C–C–N with tert-alkyl or cyclic N) is 1. The van der Waals surface area contributed by atoms with Crippen LogP contribution in [-0.2, 0) is 6.42 Å². The predicted octanol–water partition coefficient (Wildman–Crippen LogP) is 0.430. The fourth-order valence-corrected chi connectivity index (χ4v) is 2.60. The number of benzene rings is 1. The fourth-order valence-electron chi connectivity index (χ4n) is 2.60. The molecule has 5 heteroatoms. The number of ether oxygens (including phenoxy) is 1. The summed E-state index contributed by atoms with van der Waals surface area (Å²) in [4.78, 5) is 4.77. The Labute approximate surface area is 120 Å². The molecule has 0 aliphatic carbocycles. The number of nitrogens with two attached hydrogens (primary N) is 1. The molecule has 1 aromatic rings. The minimum Gasteiger partial charge on any atom is -0.495 e. The van der Waals surface area contributed by atoms with Gasteiger partial charge in [0.2, 0.25) is 0 Å². The molecule has 0 amide bonds. The number of piperazine rings is 1. The van der Waals surface area contributed by atoms with Crippen molar-refractivity contribution in [1.29, 1.82) is 0 Å². The largest absolute Gasteiger partial charge is 0.495 e. The van der Waals surface area contributed by atoms with Gasteiger partial charge in [-0.2, -0.15) is 0 Å². The van der Waals surface area contributed by atoms with Crippen LogP contribution in [0.2, 0.25) is 0 Å². The smallest absolute Gasteiger partial charge is 0.141 e. The van der Waals surface area contributed by atoms with E-state index in [2.05, 4.69) is 15.9 Å². The molecule has 1 aliphatic heterocycles. The zero-order valence-electron chi connectivity index (χ0n) is 12.2. The molecule has 1 heterocycles. The van der Waals surface area contributed by atoms with Gasteiger partial charge in [-0.3, -0.25) is 4.90 Å². The molecule has 1 fully saturated rings. The average molecular weight is 279 g/mol. The summed E-state index contributed by atoms with van der Waals surface area (Å²) in [6, 6.07) is 6.02. The van der Waals surface area contributed by atoms with E-state index < -0.39 is 0 Å². The van der Waals surface area contributed by atoms with Crippen molar-refractivity contribution in [3.05, 3.63) is 23.8 Å². The van der Waals surface area contributed by atoms with Crippen LogP contribution in [0, 0.1) is 0 Å². The number of nitrogen functional groups attached to an aromatic ring is 1. The highest BCUT2D eigenvalue weighted by Crippen LogP contribution is 2.22. The maximum atomic E-state index is 8.93. The van der Waals surface area contributed by atoms with Crippen LogP contribution in [0.1, 0.15) is 5.56 Å². The van der Waals surface area contributed by atoms with Gasteiger partial charge >= 0.3 is 0 Å². The van der Waals surface area contributed by atoms with Crippen molar-refractivity contribution in [2.45, 2.75) is 6.42 Å². The Balaban J connectivity index is 1.77. The van der Waals surface area contributed by atoms with Crippen molar-refractivity contribution in [3.8, 4) is 5.75 Å². The number of aliphatic hydroxyl groups is 1. The molecule has 5 nitrogen and oxygen atoms in total. The van der Waals surface area contributed by atoms with Gasteiger partial charge in [-0.15, -0.1) is 0 Å². The Kier molecular flexibility index (Phi) is 5.64. The standard InChI is InChI=1S/C15H25N3O2/c1-20-15-3-2-13(12-14(15)16)4-5-17-6-8-18(9-7-17)10-11-19/h2-3,12,19H,4-11,16H2,1H3. The highest BCUT2D eigenvalue weighted by Gasteiger charge is 2.15. The van der Waals surface area contributed by atoms with E-state index in [0.717, 1.165) is 51.4 Å². The second-order valence-electron chi connectivity index (χ2n) is 5.23. The molecule has 112 valence electrons. The van der Waals surface area contributed by atoms with Crippen LogP contribution in [0.25, 0.3) is 0 Å². The van der Waals surface area contributed by atoms with Crippen LogP contribution < -0.4 is 10.5 Å². The summed E-state index contributed by atoms with van der Waals surface area (Å²) in [6.45, 7) is 6.35. The number of hydrogen-bond donors (Lipinski definition) is 2. The molecule has 20 heavy (non-hydrogen) atoms. The number of anilines is 1. The number of aliphatic hydroxyl groups excluding tert-OH is 1. The van der Waals surface area contributed by atoms with Crippen molar-refractivity contribution in [1.82, 2.24) is 9.80 Å². The first-order valence-electron chi connectivity index (χ1n) is 7.21. The molecule has 1 aliphatic rings. The summed E-state index contributed by atoms with van der Waals surface area (Å²) in [6.07, 6.45) is 1.01. The van der Waals surface area contributed by atoms with Gasteiger partial charge in [0.1, 0.15) is 5.75 Å². The van der Waals surface area contributed by atoms with E-state index in [1.165, 1.54) is 5.56 Å². The molecular weight excluding hydrogens is 254 g/mol. The maximum Gasteiger partial charge on any atom is 0.141 e. The monoisotopic (exact) mass is 279 g/mol. The molecule has 0 aromatic heterocycles. The van der Waals surface area contributed by atoms with Crippen LogP contribution in [0.3, 0.4) is 0 Å². The van der Waals surface area contributed by atoms with E-state index in [-0.39, 0.29) is 6.61 Å². The van der Waals surface area contributed by atoms with Gasteiger partial charge < -0.3 is 20.5 Å². The van der Waals surface area contributed by atoms with Crippen molar-refractivity contribution in [3.63, 3.8) is 0 Å². The fraction of sp³-hybridized carbons (Fsp3) is 0.600. The Bertz CT molecular complexity index is 418. The van der Waals surface area contributed by atoms with E-state index in [9.17, 15) is 0 Å². The first kappa shape index (κ1) is 15.1. The second kappa shape index (κ2) is 7.47. The lowest BCUT2D eigenvalue weighted by atomic mass is 10.1. The molecule has 0 atom stereocenters. The summed E-state index contributed by atoms with van der Waals surface area (Å²) >= 11 is 0. The summed E-state index contributed by atoms with van der Waals surface area (Å²) in [5.74, 6) is 0.742. The molecule has 1 aromatic carbocycles. The molecule has 0 unspecified atom stereocenters. The van der Waals surface area contributed by atoms with E-state index in [1.54, 1.807) is 7.11 Å². The highest BCUT2D eigenvalue weighted by molar-refractivity contribution is 5.54. The first-order chi connectivity index (χ1) is 9.72. The zero-order chi connectivity index (χ0) is 14.4. The Morgan fingerprint density at radius 3 is 2.35 bits per heavy atom. The van der Waals surface area contributed by atoms with Gasteiger partial charge in [0.15, 0.2) is 0 Å². The summed E-state index contributed by atoms with van der Waals surface area (Å²) in [5, 5.41) is 8.93. The lowest BCUT2D eigenvalue weighted by Gasteiger charge is -2.34. The van der Waals surface area contributed by atoms with Crippen molar-refractivity contribution < 1.29 is 9.84 Å². The molecule has 2 rings (SSSR count). The van der Waals surface area contributed by atoms with E-state index >= 15 is 0 Å². The van der Waals surface area contributed by atoms with Crippen LogP contribution in [0.15, 0.2) is 18.2 Å². The van der Waals surface area contributed by atoms with Crippen molar-refractivity contribution in [2.24, 2.45) is 0 Å². The minimum atomic E-state index is 0.255. The Hall–Kier alpha value is -1.30. The van der Waals surface area contributed by atoms with Crippen LogP contribution >= 0.6 is 0 Å². The van der Waals surface area contributed by atoms with Crippen molar-refractivity contribution in [2.75, 3.05) is 58.7 Å². The molecule has 0 spiro atoms. The lowest BCUT2D eigenvalue weighted by Crippen LogP contribution is -2.47. The Morgan fingerprint density at radius 1 is 1.15 bits per heavy atom. The topological polar surface area (TPSA) is 62.0 Å². The molecule has 1 saturated heterocycles. The van der Waals surface area contributed by atoms with Crippen LogP contribution in [0.4, 0.5) is 5.69 Å². The van der Waals surface area contributed by atoms with Crippen molar-refractivity contribution >= 4 is 5.69 Å². The maximum absolute atomic E-state index is 8.93. The lowest BCUT2D eigenvalue weighted by molar-refractivity contribution is 0.113. The van der Waals surface area contributed by atoms with Gasteiger partial charge in [-0.1, -0.05) is 6.07 Å². The van der Waals surface area contributed by atoms with Gasteiger partial charge in [0, 0.05) is 39.3 Å². The summed E-state index contributed by atoms with van der Waals surface area (Å²) in [7, 11) is 1.64. The van der Waals surface area contributed by atoms with Gasteiger partial charge in [-0.25, -0.2) is 0 Å². The second-order valence-corrected chi connectivity index (χ2v) is 5.23. The highest BCUT2D eigenvalue weighted by atomic mass is 16.5. The van der Waals surface area contributed by atoms with E-state index in [1.807, 2.05) is 12.1 Å². The SMILES string of the molecule is COc1ccc(CCN2CCN(CCO)CC2)cc1N. The quantitative estimate of drug-likeness (QED) is 0.740. The van der Waals surface area contributed by atoms with E-state index in [4.69, 9.17) is 15.6 Å². The van der Waals surface area contributed by atoms with Crippen LogP contribution in [-0.4, -0.2) is 67.9 Å². The number of nitrogens with zero attached hydrogens (tertiary/aromatic N) is 2. The van der Waals surface area contributed by atoms with Gasteiger partial charge in [0.25, 0.3) is 0 Å². The molecule has 0 bridgehead atoms. The summed E-state index contributed by atoms with van der Waals surface area (Å²) < 4.78 is 5.17. The van der Waals surface area contributed by atoms with Crippen LogP contribution in [0.5, 0.6) is 5.75 Å². The number of methoxy groups -OCH3 is 1. The third-order valence-electron chi connectivity index (χ3n) is 3.89. The van der Waals surface area contributed by atoms with Gasteiger partial charge in [0.05, 0.1) is 19.4 Å². The first-order valence-corrected chi connectivity index (χ1v) is 7.21. The van der Waals surface area contributed by atoms with E-state index in [0.29, 0.717) is 5.69 Å². The molecule has 3 N–H and O–H groups in total. The molecule has 0 radical (unpaired) electrons. The number of hydrogen-bond acceptors (Lipinski definition) is 5. The Morgan fingerprint density at radius 2 is 1.80 bits per heavy atom. The third-order valence-corrected chi connectivity index (χ3v) is 3.89. The normalized spacial score (nSPS) is 17.3.